The lowest BCUT2D eigenvalue weighted by Crippen LogP contribution is -2.41. The minimum absolute atomic E-state index is 0.137. The quantitative estimate of drug-likeness (QED) is 0.787. The lowest BCUT2D eigenvalue weighted by atomic mass is 10.1. The molecule has 0 aliphatic heterocycles. The molecule has 1 rings (SSSR count). The topological polar surface area (TPSA) is 66.5 Å². The lowest BCUT2D eigenvalue weighted by Gasteiger charge is -2.18. The third-order valence-corrected chi connectivity index (χ3v) is 4.37. The highest BCUT2D eigenvalue weighted by molar-refractivity contribution is 7.88. The van der Waals surface area contributed by atoms with E-state index >= 15 is 0 Å². The van der Waals surface area contributed by atoms with Crippen molar-refractivity contribution in [3.63, 3.8) is 0 Å². The Hall–Kier alpha value is -1.11. The molecule has 0 fully saturated rings. The highest BCUT2D eigenvalue weighted by Crippen LogP contribution is 2.10. The maximum atomic E-state index is 11.8. The van der Waals surface area contributed by atoms with Gasteiger partial charge < -0.3 is 5.32 Å². The summed E-state index contributed by atoms with van der Waals surface area (Å²) in [7, 11) is -3.35. The summed E-state index contributed by atoms with van der Waals surface area (Å²) >= 11 is 5.88. The van der Waals surface area contributed by atoms with Crippen LogP contribution >= 0.6 is 11.6 Å². The van der Waals surface area contributed by atoms with Crippen LogP contribution in [0.4, 0.5) is 0 Å². The van der Waals surface area contributed by atoms with Crippen molar-refractivity contribution in [3.05, 3.63) is 34.9 Å². The van der Waals surface area contributed by atoms with Crippen molar-refractivity contribution in [1.29, 1.82) is 0 Å². The van der Waals surface area contributed by atoms with Gasteiger partial charge in [-0.2, -0.15) is 4.31 Å². The molecule has 1 aromatic rings. The van der Waals surface area contributed by atoms with Crippen molar-refractivity contribution in [3.8, 4) is 0 Å². The van der Waals surface area contributed by atoms with Gasteiger partial charge in [0.05, 0.1) is 12.8 Å². The van der Waals surface area contributed by atoms with E-state index in [1.807, 2.05) is 25.1 Å². The van der Waals surface area contributed by atoms with Gasteiger partial charge in [-0.15, -0.1) is 0 Å². The summed E-state index contributed by atoms with van der Waals surface area (Å²) < 4.78 is 24.2. The van der Waals surface area contributed by atoms with E-state index in [1.165, 1.54) is 4.31 Å². The number of nitrogens with zero attached hydrogens (tertiary/aromatic N) is 1. The Morgan fingerprint density at radius 1 is 1.38 bits per heavy atom. The fraction of sp³-hybridized carbons (Fsp3) is 0.500. The van der Waals surface area contributed by atoms with Crippen molar-refractivity contribution in [2.75, 3.05) is 25.9 Å². The molecular weight excluding hydrogens is 312 g/mol. The highest BCUT2D eigenvalue weighted by Gasteiger charge is 2.18. The minimum atomic E-state index is -3.35. The molecule has 0 saturated carbocycles. The molecule has 0 atom stereocenters. The Bertz CT molecular complexity index is 575. The molecule has 1 N–H and O–H groups in total. The van der Waals surface area contributed by atoms with Gasteiger partial charge in [0.15, 0.2) is 0 Å². The molecule has 7 heteroatoms. The summed E-state index contributed by atoms with van der Waals surface area (Å²) in [5.74, 6) is -0.295. The minimum Gasteiger partial charge on any atom is -0.355 e. The summed E-state index contributed by atoms with van der Waals surface area (Å²) in [4.78, 5) is 11.8. The molecule has 0 aliphatic rings. The maximum absolute atomic E-state index is 11.8. The second kappa shape index (κ2) is 8.36. The normalized spacial score (nSPS) is 11.6. The second-order valence-corrected chi connectivity index (χ2v) is 7.25. The van der Waals surface area contributed by atoms with Crippen LogP contribution in [0.15, 0.2) is 24.3 Å². The number of carbonyl (C=O) groups excluding carboxylic acids is 1. The smallest absolute Gasteiger partial charge is 0.235 e. The van der Waals surface area contributed by atoms with Crippen LogP contribution in [-0.4, -0.2) is 44.5 Å². The van der Waals surface area contributed by atoms with Gasteiger partial charge in [0, 0.05) is 18.1 Å². The van der Waals surface area contributed by atoms with Crippen LogP contribution in [0.3, 0.4) is 0 Å². The number of amides is 1. The number of sulfonamides is 1. The number of benzene rings is 1. The van der Waals surface area contributed by atoms with Crippen LogP contribution in [0.1, 0.15) is 18.9 Å². The SMILES string of the molecule is CCCN(CC(=O)NCCc1cccc(Cl)c1)S(C)(=O)=O. The zero-order valence-corrected chi connectivity index (χ0v) is 13.9. The van der Waals surface area contributed by atoms with Gasteiger partial charge in [0.25, 0.3) is 0 Å². The van der Waals surface area contributed by atoms with E-state index in [1.54, 1.807) is 6.07 Å². The molecule has 0 spiro atoms. The monoisotopic (exact) mass is 332 g/mol. The third-order valence-electron chi connectivity index (χ3n) is 2.89. The van der Waals surface area contributed by atoms with E-state index in [-0.39, 0.29) is 12.5 Å². The van der Waals surface area contributed by atoms with Gasteiger partial charge in [-0.25, -0.2) is 8.42 Å². The van der Waals surface area contributed by atoms with E-state index in [0.29, 0.717) is 31.0 Å². The van der Waals surface area contributed by atoms with Gasteiger partial charge in [0.2, 0.25) is 15.9 Å². The average Bonchev–Trinajstić information content (AvgIpc) is 2.37. The van der Waals surface area contributed by atoms with Crippen molar-refractivity contribution in [2.24, 2.45) is 0 Å². The maximum Gasteiger partial charge on any atom is 0.235 e. The molecule has 0 aliphatic carbocycles. The number of hydrogen-bond acceptors (Lipinski definition) is 3. The van der Waals surface area contributed by atoms with Crippen LogP contribution < -0.4 is 5.32 Å². The van der Waals surface area contributed by atoms with Crippen LogP contribution in [0, 0.1) is 0 Å². The van der Waals surface area contributed by atoms with Gasteiger partial charge in [-0.05, 0) is 30.5 Å². The lowest BCUT2D eigenvalue weighted by molar-refractivity contribution is -0.121. The largest absolute Gasteiger partial charge is 0.355 e. The first kappa shape index (κ1) is 17.9. The molecule has 5 nitrogen and oxygen atoms in total. The summed E-state index contributed by atoms with van der Waals surface area (Å²) in [6, 6.07) is 7.41. The van der Waals surface area contributed by atoms with E-state index in [2.05, 4.69) is 5.32 Å². The van der Waals surface area contributed by atoms with Gasteiger partial charge >= 0.3 is 0 Å². The number of nitrogens with one attached hydrogen (secondary N) is 1. The van der Waals surface area contributed by atoms with Gasteiger partial charge in [-0.1, -0.05) is 30.7 Å². The van der Waals surface area contributed by atoms with Crippen molar-refractivity contribution in [2.45, 2.75) is 19.8 Å². The number of rotatable bonds is 8. The zero-order chi connectivity index (χ0) is 15.9. The number of halogens is 1. The molecule has 0 saturated heterocycles. The summed E-state index contributed by atoms with van der Waals surface area (Å²) in [6.45, 7) is 2.53. The fourth-order valence-corrected chi connectivity index (χ4v) is 2.95. The molecule has 0 bridgehead atoms. The Labute approximate surface area is 131 Å². The van der Waals surface area contributed by atoms with Crippen LogP contribution in [0.2, 0.25) is 5.02 Å². The standard InChI is InChI=1S/C14H21ClN2O3S/c1-3-9-17(21(2,19)20)11-14(18)16-8-7-12-5-4-6-13(15)10-12/h4-6,10H,3,7-9,11H2,1-2H3,(H,16,18). The van der Waals surface area contributed by atoms with Crippen molar-refractivity contribution in [1.82, 2.24) is 9.62 Å². The number of carbonyl (C=O) groups is 1. The van der Waals surface area contributed by atoms with E-state index in [0.717, 1.165) is 11.8 Å². The molecule has 0 radical (unpaired) electrons. The average molecular weight is 333 g/mol. The molecule has 21 heavy (non-hydrogen) atoms. The summed E-state index contributed by atoms with van der Waals surface area (Å²) in [5, 5.41) is 3.38. The highest BCUT2D eigenvalue weighted by atomic mass is 35.5. The first-order valence-corrected chi connectivity index (χ1v) is 9.02. The summed E-state index contributed by atoms with van der Waals surface area (Å²) in [6.07, 6.45) is 2.43. The molecule has 1 amide bonds. The molecular formula is C14H21ClN2O3S. The van der Waals surface area contributed by atoms with E-state index < -0.39 is 10.0 Å². The van der Waals surface area contributed by atoms with E-state index in [4.69, 9.17) is 11.6 Å². The molecule has 0 aromatic heterocycles. The van der Waals surface area contributed by atoms with Crippen molar-refractivity contribution < 1.29 is 13.2 Å². The number of hydrogen-bond donors (Lipinski definition) is 1. The van der Waals surface area contributed by atoms with Crippen LogP contribution in [0.5, 0.6) is 0 Å². The predicted molar refractivity (Wildman–Crippen MR) is 84.9 cm³/mol. The van der Waals surface area contributed by atoms with Crippen LogP contribution in [0.25, 0.3) is 0 Å². The Morgan fingerprint density at radius 3 is 2.67 bits per heavy atom. The van der Waals surface area contributed by atoms with Crippen LogP contribution in [-0.2, 0) is 21.2 Å². The Morgan fingerprint density at radius 2 is 2.10 bits per heavy atom. The van der Waals surface area contributed by atoms with E-state index in [9.17, 15) is 13.2 Å². The fourth-order valence-electron chi connectivity index (χ4n) is 1.87. The van der Waals surface area contributed by atoms with Gasteiger partial charge in [-0.3, -0.25) is 4.79 Å². The predicted octanol–water partition coefficient (Wildman–Crippen LogP) is 1.67. The molecule has 0 unspecified atom stereocenters. The Balaban J connectivity index is 2.43. The van der Waals surface area contributed by atoms with Gasteiger partial charge in [0.1, 0.15) is 0 Å². The van der Waals surface area contributed by atoms with Crippen molar-refractivity contribution >= 4 is 27.5 Å². The molecule has 0 heterocycles. The Kier molecular flexibility index (Phi) is 7.14. The first-order valence-electron chi connectivity index (χ1n) is 6.79. The zero-order valence-electron chi connectivity index (χ0n) is 12.3. The summed E-state index contributed by atoms with van der Waals surface area (Å²) in [5.41, 5.74) is 1.02. The second-order valence-electron chi connectivity index (χ2n) is 4.83. The first-order chi connectivity index (χ1) is 9.82. The third kappa shape index (κ3) is 6.93. The molecule has 1 aromatic carbocycles. The molecule has 118 valence electrons.